The summed E-state index contributed by atoms with van der Waals surface area (Å²) >= 11 is 0. The molecule has 2 nitrogen and oxygen atoms in total. The number of fused-ring (bicyclic) bond motifs is 1. The van der Waals surface area contributed by atoms with E-state index in [2.05, 4.69) is 59.6 Å². The van der Waals surface area contributed by atoms with Gasteiger partial charge in [0.2, 0.25) is 0 Å². The van der Waals surface area contributed by atoms with Gasteiger partial charge in [-0.15, -0.1) is 0 Å². The number of hydrogen-bond donors (Lipinski definition) is 1. The Bertz CT molecular complexity index is 573. The molecule has 112 valence electrons. The smallest absolute Gasteiger partial charge is 0.0240 e. The summed E-state index contributed by atoms with van der Waals surface area (Å²) in [5, 5.41) is 6.27. The second-order valence-electron chi connectivity index (χ2n) is 6.19. The monoisotopic (exact) mass is 282 g/mol. The van der Waals surface area contributed by atoms with Crippen molar-refractivity contribution in [1.82, 2.24) is 10.2 Å². The van der Waals surface area contributed by atoms with Crippen molar-refractivity contribution in [2.75, 3.05) is 26.2 Å². The van der Waals surface area contributed by atoms with E-state index in [1.165, 1.54) is 48.8 Å². The predicted octanol–water partition coefficient (Wildman–Crippen LogP) is 3.66. The van der Waals surface area contributed by atoms with Crippen molar-refractivity contribution in [2.24, 2.45) is 5.92 Å². The topological polar surface area (TPSA) is 15.3 Å². The maximum absolute atomic E-state index is 3.51. The van der Waals surface area contributed by atoms with Crippen molar-refractivity contribution < 1.29 is 0 Å². The molecule has 2 heteroatoms. The van der Waals surface area contributed by atoms with Crippen LogP contribution in [0.15, 0.2) is 42.5 Å². The molecule has 0 radical (unpaired) electrons. The zero-order valence-electron chi connectivity index (χ0n) is 13.0. The highest BCUT2D eigenvalue weighted by atomic mass is 15.1. The van der Waals surface area contributed by atoms with Crippen molar-refractivity contribution in [3.8, 4) is 0 Å². The summed E-state index contributed by atoms with van der Waals surface area (Å²) in [6, 6.07) is 15.4. The van der Waals surface area contributed by atoms with Crippen molar-refractivity contribution >= 4 is 10.8 Å². The van der Waals surface area contributed by atoms with E-state index in [9.17, 15) is 0 Å². The zero-order chi connectivity index (χ0) is 14.5. The van der Waals surface area contributed by atoms with Crippen LogP contribution in [0.2, 0.25) is 0 Å². The molecule has 0 aromatic heterocycles. The second-order valence-corrected chi connectivity index (χ2v) is 6.19. The average molecular weight is 282 g/mol. The third-order valence-electron chi connectivity index (χ3n) is 4.56. The van der Waals surface area contributed by atoms with Crippen LogP contribution < -0.4 is 5.32 Å². The molecule has 1 saturated heterocycles. The van der Waals surface area contributed by atoms with E-state index in [4.69, 9.17) is 0 Å². The third-order valence-corrected chi connectivity index (χ3v) is 4.56. The number of hydrogen-bond acceptors (Lipinski definition) is 2. The van der Waals surface area contributed by atoms with Crippen LogP contribution in [0.5, 0.6) is 0 Å². The van der Waals surface area contributed by atoms with Crippen LogP contribution in [0.3, 0.4) is 0 Å². The number of likely N-dealkylation sites (tertiary alicyclic amines) is 1. The first-order valence-electron chi connectivity index (χ1n) is 8.26. The lowest BCUT2D eigenvalue weighted by Gasteiger charge is -2.33. The van der Waals surface area contributed by atoms with E-state index in [1.807, 2.05) is 0 Å². The molecule has 0 saturated carbocycles. The van der Waals surface area contributed by atoms with Crippen LogP contribution in [0.4, 0.5) is 0 Å². The van der Waals surface area contributed by atoms with Gasteiger partial charge < -0.3 is 5.32 Å². The minimum atomic E-state index is 0.814. The highest BCUT2D eigenvalue weighted by molar-refractivity contribution is 5.85. The summed E-state index contributed by atoms with van der Waals surface area (Å²) in [7, 11) is 0. The summed E-state index contributed by atoms with van der Waals surface area (Å²) in [4.78, 5) is 2.63. The number of nitrogens with zero attached hydrogens (tertiary/aromatic N) is 1. The van der Waals surface area contributed by atoms with E-state index in [0.29, 0.717) is 0 Å². The van der Waals surface area contributed by atoms with Crippen molar-refractivity contribution in [3.05, 3.63) is 48.0 Å². The van der Waals surface area contributed by atoms with E-state index < -0.39 is 0 Å². The fourth-order valence-electron chi connectivity index (χ4n) is 3.48. The first-order valence-corrected chi connectivity index (χ1v) is 8.26. The Kier molecular flexibility index (Phi) is 4.89. The summed E-state index contributed by atoms with van der Waals surface area (Å²) in [6.45, 7) is 8.01. The molecular formula is C19H26N2. The highest BCUT2D eigenvalue weighted by Crippen LogP contribution is 2.23. The molecule has 21 heavy (non-hydrogen) atoms. The van der Waals surface area contributed by atoms with Gasteiger partial charge in [0.25, 0.3) is 0 Å². The van der Waals surface area contributed by atoms with Crippen LogP contribution in [-0.2, 0) is 6.54 Å². The molecule has 1 heterocycles. The third kappa shape index (κ3) is 3.63. The Morgan fingerprint density at radius 1 is 1.14 bits per heavy atom. The SMILES string of the molecule is CCNCC1CCCN(Cc2cccc3ccccc23)C1. The Morgan fingerprint density at radius 3 is 2.90 bits per heavy atom. The lowest BCUT2D eigenvalue weighted by Crippen LogP contribution is -2.39. The van der Waals surface area contributed by atoms with Crippen LogP contribution in [-0.4, -0.2) is 31.1 Å². The van der Waals surface area contributed by atoms with E-state index >= 15 is 0 Å². The van der Waals surface area contributed by atoms with Gasteiger partial charge >= 0.3 is 0 Å². The van der Waals surface area contributed by atoms with Gasteiger partial charge in [0, 0.05) is 13.1 Å². The van der Waals surface area contributed by atoms with Crippen molar-refractivity contribution in [3.63, 3.8) is 0 Å². The first-order chi connectivity index (χ1) is 10.4. The number of piperidine rings is 1. The van der Waals surface area contributed by atoms with Gasteiger partial charge in [0.15, 0.2) is 0 Å². The quantitative estimate of drug-likeness (QED) is 0.900. The number of benzene rings is 2. The molecule has 2 aromatic rings. The van der Waals surface area contributed by atoms with E-state index in [0.717, 1.165) is 19.0 Å². The molecule has 2 aromatic carbocycles. The highest BCUT2D eigenvalue weighted by Gasteiger charge is 2.19. The van der Waals surface area contributed by atoms with Gasteiger partial charge in [0.05, 0.1) is 0 Å². The summed E-state index contributed by atoms with van der Waals surface area (Å²) in [5.41, 5.74) is 1.47. The van der Waals surface area contributed by atoms with Crippen molar-refractivity contribution in [1.29, 1.82) is 0 Å². The maximum atomic E-state index is 3.51. The van der Waals surface area contributed by atoms with Crippen LogP contribution in [0.1, 0.15) is 25.3 Å². The van der Waals surface area contributed by atoms with Crippen LogP contribution in [0.25, 0.3) is 10.8 Å². The lowest BCUT2D eigenvalue weighted by atomic mass is 9.96. The Hall–Kier alpha value is -1.38. The molecule has 0 aliphatic carbocycles. The number of rotatable bonds is 5. The fraction of sp³-hybridized carbons (Fsp3) is 0.474. The van der Waals surface area contributed by atoms with Crippen molar-refractivity contribution in [2.45, 2.75) is 26.3 Å². The summed E-state index contributed by atoms with van der Waals surface area (Å²) < 4.78 is 0. The molecule has 0 spiro atoms. The largest absolute Gasteiger partial charge is 0.317 e. The van der Waals surface area contributed by atoms with Gasteiger partial charge in [-0.2, -0.15) is 0 Å². The Labute approximate surface area is 128 Å². The van der Waals surface area contributed by atoms with Crippen LogP contribution in [0, 0.1) is 5.92 Å². The molecule has 0 amide bonds. The minimum absolute atomic E-state index is 0.814. The molecule has 3 rings (SSSR count). The fourth-order valence-corrected chi connectivity index (χ4v) is 3.48. The molecule has 0 bridgehead atoms. The Balaban J connectivity index is 1.70. The lowest BCUT2D eigenvalue weighted by molar-refractivity contribution is 0.166. The summed E-state index contributed by atoms with van der Waals surface area (Å²) in [6.07, 6.45) is 2.71. The van der Waals surface area contributed by atoms with Crippen LogP contribution >= 0.6 is 0 Å². The average Bonchev–Trinajstić information content (AvgIpc) is 2.54. The molecule has 1 aliphatic heterocycles. The second kappa shape index (κ2) is 7.06. The molecule has 1 atom stereocenters. The molecule has 1 fully saturated rings. The molecule has 1 aliphatic rings. The maximum Gasteiger partial charge on any atom is 0.0240 e. The molecule has 1 N–H and O–H groups in total. The standard InChI is InChI=1S/C19H26N2/c1-2-20-13-16-7-6-12-21(14-16)15-18-10-5-9-17-8-3-4-11-19(17)18/h3-5,8-11,16,20H,2,6-7,12-15H2,1H3. The van der Waals surface area contributed by atoms with Gasteiger partial charge in [-0.1, -0.05) is 49.4 Å². The minimum Gasteiger partial charge on any atom is -0.317 e. The van der Waals surface area contributed by atoms with Gasteiger partial charge in [-0.05, 0) is 54.7 Å². The number of nitrogens with one attached hydrogen (secondary N) is 1. The van der Waals surface area contributed by atoms with Gasteiger partial charge in [0.1, 0.15) is 0 Å². The zero-order valence-corrected chi connectivity index (χ0v) is 13.0. The van der Waals surface area contributed by atoms with E-state index in [1.54, 1.807) is 0 Å². The normalized spacial score (nSPS) is 20.0. The summed E-state index contributed by atoms with van der Waals surface area (Å²) in [5.74, 6) is 0.814. The van der Waals surface area contributed by atoms with Gasteiger partial charge in [-0.3, -0.25) is 4.90 Å². The van der Waals surface area contributed by atoms with Gasteiger partial charge in [-0.25, -0.2) is 0 Å². The van der Waals surface area contributed by atoms with E-state index in [-0.39, 0.29) is 0 Å². The Morgan fingerprint density at radius 2 is 2.00 bits per heavy atom. The molecule has 1 unspecified atom stereocenters. The molecular weight excluding hydrogens is 256 g/mol. The first kappa shape index (κ1) is 14.6. The predicted molar refractivity (Wildman–Crippen MR) is 90.5 cm³/mol.